The van der Waals surface area contributed by atoms with Crippen molar-refractivity contribution in [3.8, 4) is 34.5 Å². The SMILES string of the molecule is COc1ccc(N(c2ccc(OC)cc2)c2cc3c4c(c2)Oc2ccccc2N4c2ccccc2O3)cc1. The number of anilines is 6. The molecule has 0 spiro atoms. The van der Waals surface area contributed by atoms with Crippen molar-refractivity contribution in [2.45, 2.75) is 0 Å². The first-order valence-electron chi connectivity index (χ1n) is 12.3. The molecule has 2 heterocycles. The number of ether oxygens (including phenoxy) is 4. The van der Waals surface area contributed by atoms with Crippen LogP contribution in [-0.2, 0) is 0 Å². The second kappa shape index (κ2) is 8.78. The lowest BCUT2D eigenvalue weighted by Gasteiger charge is -2.38. The van der Waals surface area contributed by atoms with E-state index >= 15 is 0 Å². The van der Waals surface area contributed by atoms with Gasteiger partial charge in [0.05, 0.1) is 31.3 Å². The Balaban J connectivity index is 1.43. The van der Waals surface area contributed by atoms with Gasteiger partial charge in [0, 0.05) is 23.5 Å². The average Bonchev–Trinajstić information content (AvgIpc) is 2.97. The number of hydrogen-bond donors (Lipinski definition) is 0. The third kappa shape index (κ3) is 3.50. The van der Waals surface area contributed by atoms with Crippen molar-refractivity contribution in [2.75, 3.05) is 24.0 Å². The van der Waals surface area contributed by atoms with Crippen molar-refractivity contribution >= 4 is 34.1 Å². The largest absolute Gasteiger partial charge is 0.497 e. The van der Waals surface area contributed by atoms with Gasteiger partial charge in [0.1, 0.15) is 17.2 Å². The molecule has 0 aromatic heterocycles. The molecular formula is C32H24N2O4. The summed E-state index contributed by atoms with van der Waals surface area (Å²) in [6, 6.07) is 36.2. The molecule has 186 valence electrons. The van der Waals surface area contributed by atoms with E-state index in [4.69, 9.17) is 18.9 Å². The van der Waals surface area contributed by atoms with E-state index in [2.05, 4.69) is 34.1 Å². The zero-order chi connectivity index (χ0) is 25.6. The zero-order valence-corrected chi connectivity index (χ0v) is 20.9. The molecule has 0 fully saturated rings. The van der Waals surface area contributed by atoms with Crippen LogP contribution in [0.4, 0.5) is 34.1 Å². The van der Waals surface area contributed by atoms with Gasteiger partial charge in [-0.25, -0.2) is 0 Å². The number of para-hydroxylation sites is 4. The van der Waals surface area contributed by atoms with Crippen molar-refractivity contribution in [2.24, 2.45) is 0 Å². The Hall–Kier alpha value is -5.10. The summed E-state index contributed by atoms with van der Waals surface area (Å²) in [4.78, 5) is 4.38. The first-order chi connectivity index (χ1) is 18.7. The highest BCUT2D eigenvalue weighted by Gasteiger charge is 2.35. The first kappa shape index (κ1) is 22.1. The third-order valence-corrected chi connectivity index (χ3v) is 6.82. The molecule has 38 heavy (non-hydrogen) atoms. The summed E-state index contributed by atoms with van der Waals surface area (Å²) in [7, 11) is 3.33. The fourth-order valence-corrected chi connectivity index (χ4v) is 5.05. The molecule has 6 heteroatoms. The summed E-state index contributed by atoms with van der Waals surface area (Å²) in [5.41, 5.74) is 5.67. The fraction of sp³-hybridized carbons (Fsp3) is 0.0625. The highest BCUT2D eigenvalue weighted by Crippen LogP contribution is 2.61. The van der Waals surface area contributed by atoms with Crippen LogP contribution in [-0.4, -0.2) is 14.2 Å². The molecule has 0 unspecified atom stereocenters. The topological polar surface area (TPSA) is 43.4 Å². The van der Waals surface area contributed by atoms with Gasteiger partial charge in [0.25, 0.3) is 0 Å². The predicted octanol–water partition coefficient (Wildman–Crippen LogP) is 8.85. The Morgan fingerprint density at radius 1 is 0.526 bits per heavy atom. The number of hydrogen-bond acceptors (Lipinski definition) is 6. The maximum Gasteiger partial charge on any atom is 0.157 e. The van der Waals surface area contributed by atoms with Crippen LogP contribution < -0.4 is 28.7 Å². The van der Waals surface area contributed by atoms with E-state index < -0.39 is 0 Å². The third-order valence-electron chi connectivity index (χ3n) is 6.82. The predicted molar refractivity (Wildman–Crippen MR) is 149 cm³/mol. The fourth-order valence-electron chi connectivity index (χ4n) is 5.05. The highest BCUT2D eigenvalue weighted by atomic mass is 16.5. The molecule has 0 saturated carbocycles. The summed E-state index contributed by atoms with van der Waals surface area (Å²) in [5, 5.41) is 0. The van der Waals surface area contributed by atoms with Crippen molar-refractivity contribution in [1.82, 2.24) is 0 Å². The molecule has 0 amide bonds. The van der Waals surface area contributed by atoms with E-state index in [9.17, 15) is 0 Å². The monoisotopic (exact) mass is 500 g/mol. The van der Waals surface area contributed by atoms with Crippen LogP contribution in [0.25, 0.3) is 0 Å². The zero-order valence-electron chi connectivity index (χ0n) is 20.9. The van der Waals surface area contributed by atoms with Crippen LogP contribution in [0.5, 0.6) is 34.5 Å². The summed E-state index contributed by atoms with van der Waals surface area (Å²) < 4.78 is 23.8. The van der Waals surface area contributed by atoms with Gasteiger partial charge in [-0.05, 0) is 72.8 Å². The Labute approximate surface area is 220 Å². The molecular weight excluding hydrogens is 476 g/mol. The van der Waals surface area contributed by atoms with Gasteiger partial charge in [0.2, 0.25) is 0 Å². The summed E-state index contributed by atoms with van der Waals surface area (Å²) >= 11 is 0. The molecule has 2 aliphatic heterocycles. The minimum Gasteiger partial charge on any atom is -0.497 e. The minimum atomic E-state index is 0.720. The standard InChI is InChI=1S/C32H24N2O4/c1-35-24-15-11-21(12-16-24)33(22-13-17-25(36-2)18-14-22)23-19-30-32-31(20-23)38-29-10-6-4-8-27(29)34(32)26-7-3-5-9-28(26)37-30/h3-20H,1-2H3. The van der Waals surface area contributed by atoms with Crippen LogP contribution in [0, 0.1) is 0 Å². The lowest BCUT2D eigenvalue weighted by atomic mass is 10.1. The van der Waals surface area contributed by atoms with Gasteiger partial charge in [0.15, 0.2) is 23.0 Å². The molecule has 0 radical (unpaired) electrons. The smallest absolute Gasteiger partial charge is 0.157 e. The van der Waals surface area contributed by atoms with Crippen LogP contribution in [0.15, 0.2) is 109 Å². The number of methoxy groups -OCH3 is 2. The van der Waals surface area contributed by atoms with Crippen LogP contribution in [0.1, 0.15) is 0 Å². The Kier molecular flexibility index (Phi) is 5.11. The van der Waals surface area contributed by atoms with E-state index in [1.165, 1.54) is 0 Å². The van der Waals surface area contributed by atoms with E-state index in [0.717, 1.165) is 68.6 Å². The number of benzene rings is 5. The molecule has 7 rings (SSSR count). The number of fused-ring (bicyclic) bond motifs is 4. The van der Waals surface area contributed by atoms with E-state index in [1.807, 2.05) is 84.9 Å². The Morgan fingerprint density at radius 3 is 1.42 bits per heavy atom. The van der Waals surface area contributed by atoms with E-state index in [-0.39, 0.29) is 0 Å². The van der Waals surface area contributed by atoms with E-state index in [0.29, 0.717) is 0 Å². The van der Waals surface area contributed by atoms with Gasteiger partial charge in [-0.15, -0.1) is 0 Å². The first-order valence-corrected chi connectivity index (χ1v) is 12.3. The summed E-state index contributed by atoms with van der Waals surface area (Å²) in [6.07, 6.45) is 0. The molecule has 0 bridgehead atoms. The summed E-state index contributed by atoms with van der Waals surface area (Å²) in [5.74, 6) is 4.61. The minimum absolute atomic E-state index is 0.720. The maximum atomic E-state index is 6.49. The van der Waals surface area contributed by atoms with Crippen molar-refractivity contribution in [1.29, 1.82) is 0 Å². The average molecular weight is 501 g/mol. The maximum absolute atomic E-state index is 6.49. The van der Waals surface area contributed by atoms with Gasteiger partial charge in [-0.1, -0.05) is 24.3 Å². The lowest BCUT2D eigenvalue weighted by molar-refractivity contribution is 0.415. The van der Waals surface area contributed by atoms with Crippen LogP contribution in [0.2, 0.25) is 0 Å². The molecule has 0 aliphatic carbocycles. The van der Waals surface area contributed by atoms with Crippen LogP contribution >= 0.6 is 0 Å². The van der Waals surface area contributed by atoms with Gasteiger partial charge in [-0.3, -0.25) is 4.90 Å². The molecule has 0 atom stereocenters. The molecule has 0 saturated heterocycles. The highest BCUT2D eigenvalue weighted by molar-refractivity contribution is 5.95. The van der Waals surface area contributed by atoms with Gasteiger partial charge < -0.3 is 23.8 Å². The quantitative estimate of drug-likeness (QED) is 0.235. The molecule has 2 aliphatic rings. The molecule has 5 aromatic rings. The number of rotatable bonds is 5. The van der Waals surface area contributed by atoms with E-state index in [1.54, 1.807) is 14.2 Å². The Morgan fingerprint density at radius 2 is 0.974 bits per heavy atom. The lowest BCUT2D eigenvalue weighted by Crippen LogP contribution is -2.21. The Bertz CT molecular complexity index is 1530. The molecule has 5 aromatic carbocycles. The molecule has 6 nitrogen and oxygen atoms in total. The molecule has 0 N–H and O–H groups in total. The van der Waals surface area contributed by atoms with Crippen molar-refractivity contribution in [3.05, 3.63) is 109 Å². The second-order valence-corrected chi connectivity index (χ2v) is 9.00. The van der Waals surface area contributed by atoms with Crippen LogP contribution in [0.3, 0.4) is 0 Å². The van der Waals surface area contributed by atoms with Gasteiger partial charge >= 0.3 is 0 Å². The van der Waals surface area contributed by atoms with Gasteiger partial charge in [-0.2, -0.15) is 0 Å². The van der Waals surface area contributed by atoms with Crippen molar-refractivity contribution < 1.29 is 18.9 Å². The van der Waals surface area contributed by atoms with Crippen molar-refractivity contribution in [3.63, 3.8) is 0 Å². The normalized spacial score (nSPS) is 12.3. The second-order valence-electron chi connectivity index (χ2n) is 9.00. The summed E-state index contributed by atoms with van der Waals surface area (Å²) in [6.45, 7) is 0. The number of nitrogens with zero attached hydrogens (tertiary/aromatic N) is 2.